The molecule has 0 unspecified atom stereocenters. The van der Waals surface area contributed by atoms with E-state index in [-0.39, 0.29) is 23.7 Å². The number of nitro groups is 1. The van der Waals surface area contributed by atoms with Crippen LogP contribution in [0.3, 0.4) is 0 Å². The number of fused-ring (bicyclic) bond motifs is 1. The number of hydrogen-bond donors (Lipinski definition) is 1. The molecule has 0 saturated carbocycles. The summed E-state index contributed by atoms with van der Waals surface area (Å²) < 4.78 is 4.82. The third-order valence-electron chi connectivity index (χ3n) is 3.73. The van der Waals surface area contributed by atoms with E-state index in [4.69, 9.17) is 4.74 Å². The first-order valence-corrected chi connectivity index (χ1v) is 7.08. The minimum atomic E-state index is -1.16. The van der Waals surface area contributed by atoms with Crippen LogP contribution in [0.4, 0.5) is 11.4 Å². The van der Waals surface area contributed by atoms with E-state index in [1.54, 1.807) is 6.92 Å². The van der Waals surface area contributed by atoms with Gasteiger partial charge in [0.15, 0.2) is 5.71 Å². The van der Waals surface area contributed by atoms with Gasteiger partial charge in [0, 0.05) is 6.07 Å². The molecule has 1 N–H and O–H groups in total. The highest BCUT2D eigenvalue weighted by Gasteiger charge is 2.56. The van der Waals surface area contributed by atoms with Crippen molar-refractivity contribution in [1.82, 2.24) is 5.43 Å². The highest BCUT2D eigenvalue weighted by atomic mass is 16.6. The van der Waals surface area contributed by atoms with Crippen LogP contribution in [0, 0.1) is 16.0 Å². The van der Waals surface area contributed by atoms with Crippen molar-refractivity contribution in [3.8, 4) is 0 Å². The van der Waals surface area contributed by atoms with Crippen molar-refractivity contribution in [2.45, 2.75) is 13.0 Å². The Bertz CT molecular complexity index is 789. The van der Waals surface area contributed by atoms with Crippen LogP contribution in [0.25, 0.3) is 0 Å². The number of para-hydroxylation sites is 2. The van der Waals surface area contributed by atoms with Crippen molar-refractivity contribution < 1.29 is 24.0 Å². The van der Waals surface area contributed by atoms with E-state index in [2.05, 4.69) is 10.5 Å². The van der Waals surface area contributed by atoms with Crippen LogP contribution in [0.15, 0.2) is 29.4 Å². The Morgan fingerprint density at radius 1 is 1.38 bits per heavy atom. The van der Waals surface area contributed by atoms with Crippen molar-refractivity contribution in [2.24, 2.45) is 11.0 Å². The summed E-state index contributed by atoms with van der Waals surface area (Å²) in [6, 6.07) is 4.33. The first-order valence-electron chi connectivity index (χ1n) is 7.08. The fraction of sp³-hybridized carbons (Fsp3) is 0.286. The fourth-order valence-electron chi connectivity index (χ4n) is 2.71. The Hall–Kier alpha value is -3.30. The average molecular weight is 332 g/mol. The molecule has 10 nitrogen and oxygen atoms in total. The molecule has 1 aromatic carbocycles. The molecule has 2 aliphatic rings. The molecule has 0 aliphatic carbocycles. The number of nitrogens with one attached hydrogen (secondary N) is 1. The summed E-state index contributed by atoms with van der Waals surface area (Å²) in [4.78, 5) is 48.2. The predicted octanol–water partition coefficient (Wildman–Crippen LogP) is -0.0249. The number of carbonyl (C=O) groups excluding carboxylic acids is 3. The Labute approximate surface area is 135 Å². The summed E-state index contributed by atoms with van der Waals surface area (Å²) in [5.74, 6) is -3.42. The van der Waals surface area contributed by atoms with Crippen molar-refractivity contribution >= 4 is 34.9 Å². The zero-order chi connectivity index (χ0) is 17.4. The zero-order valence-corrected chi connectivity index (χ0v) is 12.5. The Kier molecular flexibility index (Phi) is 3.72. The maximum Gasteiger partial charge on any atom is 0.355 e. The van der Waals surface area contributed by atoms with E-state index in [1.807, 2.05) is 0 Å². The average Bonchev–Trinajstić information content (AvgIpc) is 3.09. The van der Waals surface area contributed by atoms with Gasteiger partial charge in [0.2, 0.25) is 5.91 Å². The molecule has 2 amide bonds. The second kappa shape index (κ2) is 5.72. The van der Waals surface area contributed by atoms with Crippen molar-refractivity contribution in [2.75, 3.05) is 11.5 Å². The van der Waals surface area contributed by atoms with Crippen LogP contribution in [-0.2, 0) is 19.1 Å². The summed E-state index contributed by atoms with van der Waals surface area (Å²) in [5, 5.41) is 14.9. The first-order chi connectivity index (χ1) is 11.5. The van der Waals surface area contributed by atoms with Gasteiger partial charge in [0.05, 0.1) is 11.5 Å². The van der Waals surface area contributed by atoms with Gasteiger partial charge in [-0.05, 0) is 13.0 Å². The van der Waals surface area contributed by atoms with Crippen molar-refractivity contribution in [1.29, 1.82) is 0 Å². The molecule has 24 heavy (non-hydrogen) atoms. The lowest BCUT2D eigenvalue weighted by Gasteiger charge is -2.15. The van der Waals surface area contributed by atoms with E-state index in [0.717, 1.165) is 0 Å². The number of ether oxygens (including phenoxy) is 1. The standard InChI is InChI=1S/C14H12N4O6/c1-2-24-14(21)11-9-10(15-16-11)13(20)17(12(9)19)7-5-3-4-6-8(7)18(22)23/h3-6,9-10,15H,2H2,1H3/t9-,10-/m0/s1. The molecule has 2 atom stereocenters. The number of esters is 1. The number of rotatable bonds is 4. The predicted molar refractivity (Wildman–Crippen MR) is 80.1 cm³/mol. The number of nitro benzene ring substituents is 1. The van der Waals surface area contributed by atoms with E-state index >= 15 is 0 Å². The van der Waals surface area contributed by atoms with E-state index in [1.165, 1.54) is 24.3 Å². The van der Waals surface area contributed by atoms with Crippen molar-refractivity contribution in [3.05, 3.63) is 34.4 Å². The minimum absolute atomic E-state index is 0.0885. The summed E-state index contributed by atoms with van der Waals surface area (Å²) in [7, 11) is 0. The number of nitrogens with zero attached hydrogens (tertiary/aromatic N) is 3. The monoisotopic (exact) mass is 332 g/mol. The van der Waals surface area contributed by atoms with Gasteiger partial charge in [-0.15, -0.1) is 0 Å². The van der Waals surface area contributed by atoms with Gasteiger partial charge in [-0.25, -0.2) is 9.69 Å². The molecule has 1 saturated heterocycles. The number of imide groups is 1. The molecule has 124 valence electrons. The molecule has 0 bridgehead atoms. The topological polar surface area (TPSA) is 131 Å². The molecule has 2 heterocycles. The smallest absolute Gasteiger partial charge is 0.355 e. The van der Waals surface area contributed by atoms with Crippen LogP contribution < -0.4 is 10.3 Å². The highest BCUT2D eigenvalue weighted by molar-refractivity contribution is 6.46. The van der Waals surface area contributed by atoms with Gasteiger partial charge in [-0.2, -0.15) is 5.10 Å². The van der Waals surface area contributed by atoms with Gasteiger partial charge in [-0.3, -0.25) is 25.1 Å². The lowest BCUT2D eigenvalue weighted by atomic mass is 9.99. The lowest BCUT2D eigenvalue weighted by molar-refractivity contribution is -0.384. The number of amides is 2. The molecule has 1 aromatic rings. The van der Waals surface area contributed by atoms with Gasteiger partial charge in [-0.1, -0.05) is 12.1 Å². The fourth-order valence-corrected chi connectivity index (χ4v) is 2.71. The maximum atomic E-state index is 12.6. The molecule has 10 heteroatoms. The van der Waals surface area contributed by atoms with Gasteiger partial charge < -0.3 is 4.74 Å². The van der Waals surface area contributed by atoms with E-state index in [9.17, 15) is 24.5 Å². The largest absolute Gasteiger partial charge is 0.461 e. The van der Waals surface area contributed by atoms with Crippen molar-refractivity contribution in [3.63, 3.8) is 0 Å². The summed E-state index contributed by atoms with van der Waals surface area (Å²) in [6.45, 7) is 1.69. The van der Waals surface area contributed by atoms with Gasteiger partial charge in [0.25, 0.3) is 11.6 Å². The summed E-state index contributed by atoms with van der Waals surface area (Å²) in [6.07, 6.45) is 0. The second-order valence-corrected chi connectivity index (χ2v) is 5.06. The normalized spacial score (nSPS) is 22.0. The third-order valence-corrected chi connectivity index (χ3v) is 3.73. The molecule has 0 aromatic heterocycles. The summed E-state index contributed by atoms with van der Waals surface area (Å²) >= 11 is 0. The number of hydrazone groups is 1. The zero-order valence-electron chi connectivity index (χ0n) is 12.5. The van der Waals surface area contributed by atoms with Crippen LogP contribution in [0.2, 0.25) is 0 Å². The highest BCUT2D eigenvalue weighted by Crippen LogP contribution is 2.35. The van der Waals surface area contributed by atoms with Crippen LogP contribution in [0.1, 0.15) is 6.92 Å². The van der Waals surface area contributed by atoms with Crippen LogP contribution in [0.5, 0.6) is 0 Å². The molecule has 2 aliphatic heterocycles. The molecule has 0 spiro atoms. The van der Waals surface area contributed by atoms with E-state index in [0.29, 0.717) is 4.90 Å². The minimum Gasteiger partial charge on any atom is -0.461 e. The molecule has 0 radical (unpaired) electrons. The second-order valence-electron chi connectivity index (χ2n) is 5.06. The molecule has 1 fully saturated rings. The number of carbonyl (C=O) groups is 3. The summed E-state index contributed by atoms with van der Waals surface area (Å²) in [5.41, 5.74) is 1.71. The SMILES string of the molecule is CCOC(=O)C1=NN[C@@H]2C(=O)N(c3ccccc3[N+](=O)[O-])C(=O)[C@H]12. The van der Waals surface area contributed by atoms with Gasteiger partial charge in [0.1, 0.15) is 17.6 Å². The Balaban J connectivity index is 1.99. The van der Waals surface area contributed by atoms with Crippen LogP contribution in [-0.4, -0.2) is 41.1 Å². The number of hydrogen-bond acceptors (Lipinski definition) is 8. The molecular formula is C14H12N4O6. The Morgan fingerprint density at radius 2 is 2.08 bits per heavy atom. The quantitative estimate of drug-likeness (QED) is 0.354. The maximum absolute atomic E-state index is 12.6. The Morgan fingerprint density at radius 3 is 2.75 bits per heavy atom. The van der Waals surface area contributed by atoms with Gasteiger partial charge >= 0.3 is 5.97 Å². The number of benzene rings is 1. The van der Waals surface area contributed by atoms with E-state index < -0.39 is 34.7 Å². The molecule has 3 rings (SSSR count). The van der Waals surface area contributed by atoms with Crippen LogP contribution >= 0.6 is 0 Å². The first kappa shape index (κ1) is 15.6. The number of anilines is 1. The molecular weight excluding hydrogens is 320 g/mol. The third kappa shape index (κ3) is 2.19. The lowest BCUT2D eigenvalue weighted by Crippen LogP contribution is -2.36.